The highest BCUT2D eigenvalue weighted by Crippen LogP contribution is 2.24. The van der Waals surface area contributed by atoms with Crippen molar-refractivity contribution in [3.8, 4) is 52.0 Å². The Bertz CT molecular complexity index is 2340. The first-order valence-corrected chi connectivity index (χ1v) is 15.8. The molecular formula is C45H31F3N2S. The number of hydrogen-bond acceptors (Lipinski definition) is 3. The second-order valence-electron chi connectivity index (χ2n) is 11.2. The standard InChI is InChI=1S/C22H13F2NS.C22H14FN.CH4/c1-15-12-21(23)20(22(24)13-15)11-4-16-2-5-17(6-3-16)18-7-9-19(10-8-18)25-14-26;1-16-2-4-17(5-3-16)6-7-18-8-10-19(11-9-18)20-12-13-21(15-24)22(23)14-20;/h2-3,5-10,12-13H,1H3;2-5,8-14H,1H3;1H4. The smallest absolute Gasteiger partial charge is 0.142 e. The van der Waals surface area contributed by atoms with Crippen molar-refractivity contribution in [2.24, 2.45) is 4.99 Å². The van der Waals surface area contributed by atoms with Gasteiger partial charge in [0.2, 0.25) is 0 Å². The molecule has 0 aliphatic rings. The number of isothiocyanates is 1. The van der Waals surface area contributed by atoms with Gasteiger partial charge in [-0.05, 0) is 127 Å². The van der Waals surface area contributed by atoms with Crippen LogP contribution in [0.1, 0.15) is 46.4 Å². The third-order valence-electron chi connectivity index (χ3n) is 7.49. The maximum Gasteiger partial charge on any atom is 0.142 e. The van der Waals surface area contributed by atoms with Crippen LogP contribution in [0.3, 0.4) is 0 Å². The fraction of sp³-hybridized carbons (Fsp3) is 0.0667. The Labute approximate surface area is 302 Å². The zero-order valence-electron chi connectivity index (χ0n) is 27.1. The second kappa shape index (κ2) is 17.8. The van der Waals surface area contributed by atoms with Gasteiger partial charge in [0.1, 0.15) is 23.5 Å². The first-order chi connectivity index (χ1) is 24.2. The molecule has 6 aromatic rings. The molecule has 0 unspecified atom stereocenters. The normalized spacial score (nSPS) is 9.57. The lowest BCUT2D eigenvalue weighted by Gasteiger charge is -2.03. The number of aryl methyl sites for hydroxylation is 2. The molecule has 0 bridgehead atoms. The van der Waals surface area contributed by atoms with E-state index in [4.69, 9.17) is 5.26 Å². The molecular weight excluding hydrogens is 658 g/mol. The van der Waals surface area contributed by atoms with Crippen LogP contribution in [-0.4, -0.2) is 5.16 Å². The summed E-state index contributed by atoms with van der Waals surface area (Å²) in [6.07, 6.45) is 0. The zero-order valence-corrected chi connectivity index (χ0v) is 27.9. The van der Waals surface area contributed by atoms with E-state index in [9.17, 15) is 13.2 Å². The van der Waals surface area contributed by atoms with Gasteiger partial charge in [-0.2, -0.15) is 10.3 Å². The Kier molecular flexibility index (Phi) is 13.0. The van der Waals surface area contributed by atoms with Crippen LogP contribution in [0.4, 0.5) is 18.9 Å². The van der Waals surface area contributed by atoms with Gasteiger partial charge in [-0.1, -0.05) is 91.3 Å². The predicted octanol–water partition coefficient (Wildman–Crippen LogP) is 11.8. The topological polar surface area (TPSA) is 36.1 Å². The highest BCUT2D eigenvalue weighted by molar-refractivity contribution is 7.78. The molecule has 0 radical (unpaired) electrons. The van der Waals surface area contributed by atoms with E-state index < -0.39 is 17.5 Å². The Morgan fingerprint density at radius 2 is 0.941 bits per heavy atom. The number of thiocarbonyl (C=S) groups is 1. The van der Waals surface area contributed by atoms with E-state index in [2.05, 4.69) is 46.1 Å². The highest BCUT2D eigenvalue weighted by Gasteiger charge is 2.07. The molecule has 2 nitrogen and oxygen atoms in total. The Balaban J connectivity index is 0.000000225. The number of hydrogen-bond donors (Lipinski definition) is 0. The largest absolute Gasteiger partial charge is 0.206 e. The number of benzene rings is 6. The molecule has 6 rings (SSSR count). The molecule has 0 saturated heterocycles. The summed E-state index contributed by atoms with van der Waals surface area (Å²) in [5.74, 6) is 9.83. The number of nitrogens with zero attached hydrogens (tertiary/aromatic N) is 2. The fourth-order valence-corrected chi connectivity index (χ4v) is 4.90. The van der Waals surface area contributed by atoms with Crippen LogP contribution in [0, 0.1) is 66.3 Å². The molecule has 51 heavy (non-hydrogen) atoms. The maximum atomic E-state index is 13.8. The number of rotatable bonds is 3. The Morgan fingerprint density at radius 3 is 1.41 bits per heavy atom. The summed E-state index contributed by atoms with van der Waals surface area (Å²) in [4.78, 5) is 3.91. The van der Waals surface area contributed by atoms with E-state index in [-0.39, 0.29) is 18.6 Å². The van der Waals surface area contributed by atoms with Crippen molar-refractivity contribution in [3.63, 3.8) is 0 Å². The van der Waals surface area contributed by atoms with E-state index >= 15 is 0 Å². The number of halogens is 3. The van der Waals surface area contributed by atoms with E-state index in [1.165, 1.54) is 29.8 Å². The first kappa shape index (κ1) is 37.3. The maximum absolute atomic E-state index is 13.8. The summed E-state index contributed by atoms with van der Waals surface area (Å²) in [5.41, 5.74) is 8.51. The van der Waals surface area contributed by atoms with E-state index in [0.717, 1.165) is 39.1 Å². The van der Waals surface area contributed by atoms with Crippen LogP contribution in [0.2, 0.25) is 0 Å². The monoisotopic (exact) mass is 688 g/mol. The molecule has 6 heteroatoms. The van der Waals surface area contributed by atoms with Crippen molar-refractivity contribution >= 4 is 23.1 Å². The minimum absolute atomic E-state index is 0. The predicted molar refractivity (Wildman–Crippen MR) is 204 cm³/mol. The van der Waals surface area contributed by atoms with E-state index in [1.807, 2.05) is 110 Å². The van der Waals surface area contributed by atoms with Gasteiger partial charge in [-0.25, -0.2) is 13.2 Å². The van der Waals surface area contributed by atoms with Crippen molar-refractivity contribution < 1.29 is 13.2 Å². The molecule has 0 aliphatic carbocycles. The van der Waals surface area contributed by atoms with Gasteiger partial charge in [0.25, 0.3) is 0 Å². The first-order valence-electron chi connectivity index (χ1n) is 15.4. The minimum atomic E-state index is -0.648. The summed E-state index contributed by atoms with van der Waals surface area (Å²) in [5, 5.41) is 11.1. The van der Waals surface area contributed by atoms with Gasteiger partial charge < -0.3 is 0 Å². The highest BCUT2D eigenvalue weighted by atomic mass is 32.1. The quantitative estimate of drug-likeness (QED) is 0.105. The van der Waals surface area contributed by atoms with Crippen LogP contribution in [0.5, 0.6) is 0 Å². The summed E-state index contributed by atoms with van der Waals surface area (Å²) in [7, 11) is 0. The second-order valence-corrected chi connectivity index (χ2v) is 11.4. The molecule has 0 saturated carbocycles. The van der Waals surface area contributed by atoms with Gasteiger partial charge in [-0.15, -0.1) is 0 Å². The van der Waals surface area contributed by atoms with E-state index in [0.29, 0.717) is 11.1 Å². The van der Waals surface area contributed by atoms with Crippen LogP contribution in [-0.2, 0) is 0 Å². The van der Waals surface area contributed by atoms with Gasteiger partial charge in [-0.3, -0.25) is 0 Å². The van der Waals surface area contributed by atoms with E-state index in [1.54, 1.807) is 13.0 Å². The molecule has 0 spiro atoms. The lowest BCUT2D eigenvalue weighted by atomic mass is 10.0. The molecule has 0 aromatic heterocycles. The molecule has 0 N–H and O–H groups in total. The summed E-state index contributed by atoms with van der Waals surface area (Å²) >= 11 is 4.58. The van der Waals surface area contributed by atoms with Gasteiger partial charge >= 0.3 is 0 Å². The molecule has 6 aromatic carbocycles. The van der Waals surface area contributed by atoms with Crippen molar-refractivity contribution in [3.05, 3.63) is 184 Å². The fourth-order valence-electron chi connectivity index (χ4n) is 4.79. The lowest BCUT2D eigenvalue weighted by molar-refractivity contribution is 0.575. The number of nitriles is 1. The summed E-state index contributed by atoms with van der Waals surface area (Å²) in [6.45, 7) is 3.68. The summed E-state index contributed by atoms with van der Waals surface area (Å²) in [6, 6.07) is 39.7. The molecule has 0 heterocycles. The van der Waals surface area contributed by atoms with Gasteiger partial charge in [0.15, 0.2) is 0 Å². The number of aliphatic imine (C=N–C) groups is 1. The van der Waals surface area contributed by atoms with Crippen LogP contribution in [0.15, 0.2) is 132 Å². The van der Waals surface area contributed by atoms with Crippen molar-refractivity contribution in [1.29, 1.82) is 5.26 Å². The molecule has 0 amide bonds. The third-order valence-corrected chi connectivity index (χ3v) is 7.58. The van der Waals surface area contributed by atoms with Gasteiger partial charge in [0.05, 0.1) is 22.0 Å². The van der Waals surface area contributed by atoms with Crippen LogP contribution in [0.25, 0.3) is 22.3 Å². The average molecular weight is 689 g/mol. The van der Waals surface area contributed by atoms with Crippen molar-refractivity contribution in [2.45, 2.75) is 21.3 Å². The Hall–Kier alpha value is -6.48. The van der Waals surface area contributed by atoms with Crippen LogP contribution >= 0.6 is 12.2 Å². The van der Waals surface area contributed by atoms with Crippen molar-refractivity contribution in [2.75, 3.05) is 0 Å². The van der Waals surface area contributed by atoms with Crippen LogP contribution < -0.4 is 0 Å². The van der Waals surface area contributed by atoms with Gasteiger partial charge in [0, 0.05) is 16.7 Å². The average Bonchev–Trinajstić information content (AvgIpc) is 3.12. The zero-order chi connectivity index (χ0) is 35.5. The third kappa shape index (κ3) is 10.3. The van der Waals surface area contributed by atoms with Crippen molar-refractivity contribution in [1.82, 2.24) is 0 Å². The molecule has 0 aliphatic heterocycles. The Morgan fingerprint density at radius 1 is 0.510 bits per heavy atom. The molecule has 0 atom stereocenters. The molecule has 0 fully saturated rings. The summed E-state index contributed by atoms with van der Waals surface area (Å²) < 4.78 is 41.4. The lowest BCUT2D eigenvalue weighted by Crippen LogP contribution is -1.91. The SMILES string of the molecule is C.Cc1cc(F)c(C#Cc2ccc(-c3ccc(N=C=S)cc3)cc2)c(F)c1.Cc1ccc(C#Cc2ccc(-c3ccc(C#N)c(F)c3)cc2)cc1. The molecule has 248 valence electrons. The minimum Gasteiger partial charge on any atom is -0.206 e.